The highest BCUT2D eigenvalue weighted by molar-refractivity contribution is 9.10. The van der Waals surface area contributed by atoms with Crippen LogP contribution >= 0.6 is 15.9 Å². The number of nitrogens with one attached hydrogen (secondary N) is 2. The van der Waals surface area contributed by atoms with Crippen LogP contribution in [0.1, 0.15) is 12.5 Å². The van der Waals surface area contributed by atoms with Crippen LogP contribution in [0, 0.1) is 0 Å². The number of carbonyl (C=O) groups is 1. The lowest BCUT2D eigenvalue weighted by Crippen LogP contribution is -2.33. The van der Waals surface area contributed by atoms with Gasteiger partial charge in [0.25, 0.3) is 11.5 Å². The van der Waals surface area contributed by atoms with Gasteiger partial charge >= 0.3 is 0 Å². The van der Waals surface area contributed by atoms with Gasteiger partial charge in [-0.15, -0.1) is 0 Å². The van der Waals surface area contributed by atoms with Gasteiger partial charge in [-0.1, -0.05) is 40.2 Å². The van der Waals surface area contributed by atoms with Gasteiger partial charge in [0, 0.05) is 17.1 Å². The number of hydrogen-bond donors (Lipinski definition) is 2. The number of hydrogen-bond acceptors (Lipinski definition) is 4. The van der Waals surface area contributed by atoms with Crippen molar-refractivity contribution in [2.45, 2.75) is 13.5 Å². The van der Waals surface area contributed by atoms with Crippen LogP contribution in [0.25, 0.3) is 17.0 Å². The smallest absolute Gasteiger partial charge is 0.262 e. The van der Waals surface area contributed by atoms with Crippen LogP contribution in [0.5, 0.6) is 0 Å². The quantitative estimate of drug-likeness (QED) is 0.497. The third kappa shape index (κ3) is 4.00. The predicted molar refractivity (Wildman–Crippen MR) is 107 cm³/mol. The predicted octanol–water partition coefficient (Wildman–Crippen LogP) is 3.34. The Bertz CT molecular complexity index is 1030. The highest BCUT2D eigenvalue weighted by Gasteiger charge is 2.09. The zero-order chi connectivity index (χ0) is 18.5. The molecule has 1 amide bonds. The van der Waals surface area contributed by atoms with E-state index in [-0.39, 0.29) is 11.5 Å². The van der Waals surface area contributed by atoms with Crippen molar-refractivity contribution in [2.75, 3.05) is 5.43 Å². The van der Waals surface area contributed by atoms with Crippen molar-refractivity contribution in [3.8, 4) is 0 Å². The van der Waals surface area contributed by atoms with E-state index >= 15 is 0 Å². The molecule has 3 aromatic rings. The minimum atomic E-state index is -0.349. The summed E-state index contributed by atoms with van der Waals surface area (Å²) in [5.74, 6) is -0.0560. The Balaban J connectivity index is 1.75. The van der Waals surface area contributed by atoms with Crippen LogP contribution < -0.4 is 16.4 Å². The lowest BCUT2D eigenvalue weighted by Gasteiger charge is -2.13. The first-order valence-electron chi connectivity index (χ1n) is 8.07. The molecule has 2 aromatic carbocycles. The summed E-state index contributed by atoms with van der Waals surface area (Å²) in [6, 6.07) is 14.7. The van der Waals surface area contributed by atoms with Crippen molar-refractivity contribution < 1.29 is 4.79 Å². The summed E-state index contributed by atoms with van der Waals surface area (Å²) in [7, 11) is 0. The van der Waals surface area contributed by atoms with E-state index < -0.39 is 0 Å². The lowest BCUT2D eigenvalue weighted by molar-refractivity contribution is -0.116. The average Bonchev–Trinajstić information content (AvgIpc) is 2.66. The summed E-state index contributed by atoms with van der Waals surface area (Å²) in [4.78, 5) is 29.0. The van der Waals surface area contributed by atoms with Crippen LogP contribution in [-0.2, 0) is 11.3 Å². The van der Waals surface area contributed by atoms with E-state index in [9.17, 15) is 9.59 Å². The van der Waals surface area contributed by atoms with Gasteiger partial charge in [-0.05, 0) is 42.8 Å². The summed E-state index contributed by atoms with van der Waals surface area (Å²) in [5.41, 5.74) is 6.60. The second-order valence-corrected chi connectivity index (χ2v) is 6.42. The van der Waals surface area contributed by atoms with Gasteiger partial charge in [0.05, 0.1) is 10.9 Å². The fourth-order valence-corrected chi connectivity index (χ4v) is 2.73. The molecule has 0 spiro atoms. The van der Waals surface area contributed by atoms with Crippen LogP contribution in [-0.4, -0.2) is 15.5 Å². The second kappa shape index (κ2) is 7.97. The maximum Gasteiger partial charge on any atom is 0.262 e. The first kappa shape index (κ1) is 17.9. The summed E-state index contributed by atoms with van der Waals surface area (Å²) in [5, 5.41) is 0.543. The third-order valence-corrected chi connectivity index (χ3v) is 4.30. The molecule has 0 aliphatic carbocycles. The number of benzene rings is 2. The standard InChI is InChI=1S/C19H17BrN4O2/c1-2-24-18(26)15-5-3-4-6-16(15)21-19(24)23-22-17(25)12-9-13-7-10-14(20)11-8-13/h3-12H,2H2,1H3,(H,21,23)(H,22,25)/b12-9+. The van der Waals surface area contributed by atoms with Crippen molar-refractivity contribution in [3.05, 3.63) is 75.0 Å². The molecule has 0 aliphatic heterocycles. The molecule has 3 rings (SSSR count). The first-order valence-corrected chi connectivity index (χ1v) is 8.87. The van der Waals surface area contributed by atoms with E-state index in [1.165, 1.54) is 10.6 Å². The fraction of sp³-hybridized carbons (Fsp3) is 0.105. The molecular formula is C19H17BrN4O2. The average molecular weight is 413 g/mol. The third-order valence-electron chi connectivity index (χ3n) is 3.77. The van der Waals surface area contributed by atoms with Gasteiger partial charge in [0.15, 0.2) is 0 Å². The van der Waals surface area contributed by atoms with Gasteiger partial charge in [0.2, 0.25) is 5.95 Å². The zero-order valence-electron chi connectivity index (χ0n) is 14.1. The van der Waals surface area contributed by atoms with E-state index in [1.54, 1.807) is 24.3 Å². The van der Waals surface area contributed by atoms with Gasteiger partial charge < -0.3 is 0 Å². The largest absolute Gasteiger partial charge is 0.277 e. The molecule has 0 radical (unpaired) electrons. The summed E-state index contributed by atoms with van der Waals surface area (Å²) in [6.07, 6.45) is 3.11. The molecule has 6 nitrogen and oxygen atoms in total. The number of anilines is 1. The molecule has 1 heterocycles. The molecule has 0 atom stereocenters. The number of nitrogens with zero attached hydrogens (tertiary/aromatic N) is 2. The maximum absolute atomic E-state index is 12.5. The molecule has 2 N–H and O–H groups in total. The second-order valence-electron chi connectivity index (χ2n) is 5.50. The summed E-state index contributed by atoms with van der Waals surface area (Å²) in [6.45, 7) is 2.28. The minimum Gasteiger partial charge on any atom is -0.277 e. The molecular weight excluding hydrogens is 396 g/mol. The van der Waals surface area contributed by atoms with Crippen LogP contribution in [0.4, 0.5) is 5.95 Å². The van der Waals surface area contributed by atoms with Crippen molar-refractivity contribution >= 4 is 44.8 Å². The Hall–Kier alpha value is -2.93. The van der Waals surface area contributed by atoms with Crippen LogP contribution in [0.2, 0.25) is 0 Å². The zero-order valence-corrected chi connectivity index (χ0v) is 15.7. The van der Waals surface area contributed by atoms with Crippen molar-refractivity contribution in [2.24, 2.45) is 0 Å². The van der Waals surface area contributed by atoms with Crippen LogP contribution in [0.15, 0.2) is 63.9 Å². The number of hydrazine groups is 1. The molecule has 7 heteroatoms. The first-order chi connectivity index (χ1) is 12.6. The molecule has 0 bridgehead atoms. The molecule has 1 aromatic heterocycles. The SMILES string of the molecule is CCn1c(NNC(=O)/C=C/c2ccc(Br)cc2)nc2ccccc2c1=O. The number of carbonyl (C=O) groups excluding carboxylic acids is 1. The normalized spacial score (nSPS) is 11.0. The Morgan fingerprint density at radius 2 is 1.92 bits per heavy atom. The monoisotopic (exact) mass is 412 g/mol. The Kier molecular flexibility index (Phi) is 5.48. The highest BCUT2D eigenvalue weighted by Crippen LogP contribution is 2.12. The molecule has 0 fully saturated rings. The number of para-hydroxylation sites is 1. The number of aromatic nitrogens is 2. The lowest BCUT2D eigenvalue weighted by atomic mass is 10.2. The molecule has 132 valence electrons. The fourth-order valence-electron chi connectivity index (χ4n) is 2.46. The van der Waals surface area contributed by atoms with Crippen molar-refractivity contribution in [1.29, 1.82) is 0 Å². The molecule has 0 saturated heterocycles. The van der Waals surface area contributed by atoms with E-state index in [0.29, 0.717) is 23.4 Å². The number of rotatable bonds is 5. The Morgan fingerprint density at radius 3 is 2.65 bits per heavy atom. The minimum absolute atomic E-state index is 0.153. The molecule has 0 aliphatic rings. The van der Waals surface area contributed by atoms with Gasteiger partial charge in [-0.2, -0.15) is 0 Å². The topological polar surface area (TPSA) is 76.0 Å². The Morgan fingerprint density at radius 1 is 1.19 bits per heavy atom. The summed E-state index contributed by atoms with van der Waals surface area (Å²) < 4.78 is 2.45. The molecule has 0 unspecified atom stereocenters. The van der Waals surface area contributed by atoms with Crippen molar-refractivity contribution in [3.63, 3.8) is 0 Å². The number of amides is 1. The summed E-state index contributed by atoms with van der Waals surface area (Å²) >= 11 is 3.36. The van der Waals surface area contributed by atoms with Crippen molar-refractivity contribution in [1.82, 2.24) is 15.0 Å². The molecule has 0 saturated carbocycles. The van der Waals surface area contributed by atoms with E-state index in [1.807, 2.05) is 37.3 Å². The number of fused-ring (bicyclic) bond motifs is 1. The molecule has 26 heavy (non-hydrogen) atoms. The highest BCUT2D eigenvalue weighted by atomic mass is 79.9. The van der Waals surface area contributed by atoms with E-state index in [4.69, 9.17) is 0 Å². The van der Waals surface area contributed by atoms with Gasteiger partial charge in [0.1, 0.15) is 0 Å². The number of halogens is 1. The van der Waals surface area contributed by atoms with E-state index in [0.717, 1.165) is 10.0 Å². The van der Waals surface area contributed by atoms with E-state index in [2.05, 4.69) is 31.8 Å². The maximum atomic E-state index is 12.5. The van der Waals surface area contributed by atoms with Gasteiger partial charge in [-0.25, -0.2) is 4.98 Å². The van der Waals surface area contributed by atoms with Crippen LogP contribution in [0.3, 0.4) is 0 Å². The Labute approximate surface area is 158 Å². The van der Waals surface area contributed by atoms with Gasteiger partial charge in [-0.3, -0.25) is 25.0 Å².